The van der Waals surface area contributed by atoms with Gasteiger partial charge in [0, 0.05) is 26.7 Å². The fraction of sp³-hybridized carbons (Fsp3) is 0.625. The second-order valence-electron chi connectivity index (χ2n) is 6.13. The van der Waals surface area contributed by atoms with Gasteiger partial charge in [0.1, 0.15) is 10.6 Å². The largest absolute Gasteiger partial charge is 0.495 e. The molecule has 1 heterocycles. The van der Waals surface area contributed by atoms with Crippen molar-refractivity contribution >= 4 is 10.0 Å². The standard InChI is InChI=1S/C16H26N2O4S/c1-12-8-15(21-5)16(9-13(12)2)23(19,20)18(4)11-14-10-17(3)6-7-22-14/h8-9,14H,6-7,10-11H2,1-5H3. The number of benzene rings is 1. The molecule has 6 nitrogen and oxygen atoms in total. The van der Waals surface area contributed by atoms with Crippen LogP contribution in [0.2, 0.25) is 0 Å². The monoisotopic (exact) mass is 342 g/mol. The molecule has 1 aromatic rings. The summed E-state index contributed by atoms with van der Waals surface area (Å²) in [7, 11) is 1.46. The van der Waals surface area contributed by atoms with E-state index in [1.54, 1.807) is 19.2 Å². The average Bonchev–Trinajstić information content (AvgIpc) is 2.49. The van der Waals surface area contributed by atoms with Crippen molar-refractivity contribution in [2.75, 3.05) is 47.4 Å². The number of hydrogen-bond donors (Lipinski definition) is 0. The number of sulfonamides is 1. The molecule has 1 unspecified atom stereocenters. The van der Waals surface area contributed by atoms with Crippen LogP contribution in [0, 0.1) is 13.8 Å². The quantitative estimate of drug-likeness (QED) is 0.806. The smallest absolute Gasteiger partial charge is 0.246 e. The Morgan fingerprint density at radius 1 is 1.35 bits per heavy atom. The number of likely N-dealkylation sites (N-methyl/N-ethyl adjacent to an activating group) is 2. The SMILES string of the molecule is COc1cc(C)c(C)cc1S(=O)(=O)N(C)CC1CN(C)CCO1. The summed E-state index contributed by atoms with van der Waals surface area (Å²) >= 11 is 0. The zero-order chi connectivity index (χ0) is 17.2. The first-order valence-electron chi connectivity index (χ1n) is 7.67. The molecule has 0 amide bonds. The molecule has 0 saturated carbocycles. The number of aryl methyl sites for hydroxylation is 2. The van der Waals surface area contributed by atoms with Gasteiger partial charge in [-0.25, -0.2) is 8.42 Å². The molecular formula is C16H26N2O4S. The molecule has 1 aliphatic heterocycles. The van der Waals surface area contributed by atoms with E-state index >= 15 is 0 Å². The Bertz CT molecular complexity index is 660. The number of rotatable bonds is 5. The van der Waals surface area contributed by atoms with E-state index in [0.29, 0.717) is 18.9 Å². The lowest BCUT2D eigenvalue weighted by molar-refractivity contribution is -0.0247. The molecule has 1 aromatic carbocycles. The van der Waals surface area contributed by atoms with Crippen molar-refractivity contribution in [2.24, 2.45) is 0 Å². The van der Waals surface area contributed by atoms with Crippen molar-refractivity contribution in [1.82, 2.24) is 9.21 Å². The van der Waals surface area contributed by atoms with Crippen molar-refractivity contribution in [3.05, 3.63) is 23.3 Å². The van der Waals surface area contributed by atoms with Crippen molar-refractivity contribution in [1.29, 1.82) is 0 Å². The van der Waals surface area contributed by atoms with Gasteiger partial charge in [-0.1, -0.05) is 0 Å². The molecular weight excluding hydrogens is 316 g/mol. The van der Waals surface area contributed by atoms with Crippen LogP contribution in [0.4, 0.5) is 0 Å². The van der Waals surface area contributed by atoms with E-state index in [1.165, 1.54) is 11.4 Å². The van der Waals surface area contributed by atoms with Crippen molar-refractivity contribution in [3.8, 4) is 5.75 Å². The van der Waals surface area contributed by atoms with E-state index in [1.807, 2.05) is 20.9 Å². The van der Waals surface area contributed by atoms with Gasteiger partial charge in [0.25, 0.3) is 0 Å². The Hall–Kier alpha value is -1.15. The first kappa shape index (κ1) is 18.2. The van der Waals surface area contributed by atoms with E-state index in [4.69, 9.17) is 9.47 Å². The highest BCUT2D eigenvalue weighted by Gasteiger charge is 2.29. The van der Waals surface area contributed by atoms with Gasteiger partial charge in [-0.3, -0.25) is 0 Å². The minimum absolute atomic E-state index is 0.119. The first-order chi connectivity index (χ1) is 10.8. The van der Waals surface area contributed by atoms with E-state index in [-0.39, 0.29) is 11.0 Å². The fourth-order valence-corrected chi connectivity index (χ4v) is 4.07. The van der Waals surface area contributed by atoms with Crippen LogP contribution in [-0.2, 0) is 14.8 Å². The van der Waals surface area contributed by atoms with Crippen LogP contribution in [0.1, 0.15) is 11.1 Å². The molecule has 2 rings (SSSR count). The van der Waals surface area contributed by atoms with E-state index in [0.717, 1.165) is 24.2 Å². The van der Waals surface area contributed by atoms with Crippen LogP contribution >= 0.6 is 0 Å². The highest BCUT2D eigenvalue weighted by Crippen LogP contribution is 2.29. The van der Waals surface area contributed by atoms with Crippen LogP contribution in [-0.4, -0.2) is 71.2 Å². The molecule has 0 bridgehead atoms. The molecule has 23 heavy (non-hydrogen) atoms. The minimum Gasteiger partial charge on any atom is -0.495 e. The summed E-state index contributed by atoms with van der Waals surface area (Å²) in [4.78, 5) is 2.35. The highest BCUT2D eigenvalue weighted by atomic mass is 32.2. The number of nitrogens with zero attached hydrogens (tertiary/aromatic N) is 2. The Kier molecular flexibility index (Phi) is 5.67. The molecule has 0 N–H and O–H groups in total. The molecule has 0 spiro atoms. The molecule has 1 aliphatic rings. The van der Waals surface area contributed by atoms with Gasteiger partial charge in [-0.05, 0) is 44.2 Å². The third-order valence-electron chi connectivity index (χ3n) is 4.27. The maximum atomic E-state index is 12.9. The Morgan fingerprint density at radius 3 is 2.61 bits per heavy atom. The third-order valence-corrected chi connectivity index (χ3v) is 6.12. The highest BCUT2D eigenvalue weighted by molar-refractivity contribution is 7.89. The van der Waals surface area contributed by atoms with Crippen LogP contribution in [0.3, 0.4) is 0 Å². The lowest BCUT2D eigenvalue weighted by Crippen LogP contribution is -2.46. The van der Waals surface area contributed by atoms with Crippen LogP contribution in [0.5, 0.6) is 5.75 Å². The molecule has 0 radical (unpaired) electrons. The van der Waals surface area contributed by atoms with Crippen LogP contribution < -0.4 is 4.74 Å². The average molecular weight is 342 g/mol. The molecule has 1 saturated heterocycles. The topological polar surface area (TPSA) is 59.1 Å². The second-order valence-corrected chi connectivity index (χ2v) is 8.14. The van der Waals surface area contributed by atoms with E-state index in [9.17, 15) is 8.42 Å². The summed E-state index contributed by atoms with van der Waals surface area (Å²) in [5, 5.41) is 0. The Morgan fingerprint density at radius 2 is 2.00 bits per heavy atom. The van der Waals surface area contributed by atoms with Crippen molar-refractivity contribution in [2.45, 2.75) is 24.8 Å². The summed E-state index contributed by atoms with van der Waals surface area (Å²) in [6, 6.07) is 3.44. The molecule has 130 valence electrons. The predicted octanol–water partition coefficient (Wildman–Crippen LogP) is 1.26. The van der Waals surface area contributed by atoms with Crippen LogP contribution in [0.25, 0.3) is 0 Å². The molecule has 7 heteroatoms. The minimum atomic E-state index is -3.63. The fourth-order valence-electron chi connectivity index (χ4n) is 2.65. The Labute approximate surface area is 139 Å². The van der Waals surface area contributed by atoms with Gasteiger partial charge in [-0.2, -0.15) is 4.31 Å². The summed E-state index contributed by atoms with van der Waals surface area (Å²) in [6.45, 7) is 6.38. The molecule has 0 aliphatic carbocycles. The molecule has 1 fully saturated rings. The van der Waals surface area contributed by atoms with Gasteiger partial charge < -0.3 is 14.4 Å². The van der Waals surface area contributed by atoms with Gasteiger partial charge >= 0.3 is 0 Å². The first-order valence-corrected chi connectivity index (χ1v) is 9.11. The van der Waals surface area contributed by atoms with Crippen molar-refractivity contribution < 1.29 is 17.9 Å². The van der Waals surface area contributed by atoms with Gasteiger partial charge in [0.15, 0.2) is 0 Å². The second kappa shape index (κ2) is 7.17. The van der Waals surface area contributed by atoms with Gasteiger partial charge in [0.05, 0.1) is 19.8 Å². The Balaban J connectivity index is 2.25. The number of morpholine rings is 1. The summed E-state index contributed by atoms with van der Waals surface area (Å²) < 4.78 is 38.1. The van der Waals surface area contributed by atoms with Crippen molar-refractivity contribution in [3.63, 3.8) is 0 Å². The van der Waals surface area contributed by atoms with Gasteiger partial charge in [0.2, 0.25) is 10.0 Å². The van der Waals surface area contributed by atoms with E-state index in [2.05, 4.69) is 4.90 Å². The molecule has 1 atom stereocenters. The van der Waals surface area contributed by atoms with Crippen LogP contribution in [0.15, 0.2) is 17.0 Å². The summed E-state index contributed by atoms with van der Waals surface area (Å²) in [5.41, 5.74) is 1.92. The maximum absolute atomic E-state index is 12.9. The maximum Gasteiger partial charge on any atom is 0.246 e. The lowest BCUT2D eigenvalue weighted by atomic mass is 10.1. The number of methoxy groups -OCH3 is 1. The van der Waals surface area contributed by atoms with Gasteiger partial charge in [-0.15, -0.1) is 0 Å². The van der Waals surface area contributed by atoms with E-state index < -0.39 is 10.0 Å². The zero-order valence-electron chi connectivity index (χ0n) is 14.5. The predicted molar refractivity (Wildman–Crippen MR) is 89.5 cm³/mol. The summed E-state index contributed by atoms with van der Waals surface area (Å²) in [5.74, 6) is 0.377. The third kappa shape index (κ3) is 4.03. The normalized spacial score (nSPS) is 20.0. The molecule has 0 aromatic heterocycles. The zero-order valence-corrected chi connectivity index (χ0v) is 15.3. The number of ether oxygens (including phenoxy) is 2. The summed E-state index contributed by atoms with van der Waals surface area (Å²) in [6.07, 6.45) is -0.119. The number of hydrogen-bond acceptors (Lipinski definition) is 5. The lowest BCUT2D eigenvalue weighted by Gasteiger charge is -2.32.